The molecular formula is C35H44O11. The molecule has 0 aliphatic heterocycles. The van der Waals surface area contributed by atoms with Crippen LogP contribution >= 0.6 is 0 Å². The number of esters is 1. The lowest BCUT2D eigenvalue weighted by Gasteiger charge is -2.63. The van der Waals surface area contributed by atoms with Crippen molar-refractivity contribution in [3.8, 4) is 5.75 Å². The van der Waals surface area contributed by atoms with Crippen LogP contribution in [0.1, 0.15) is 84.4 Å². The summed E-state index contributed by atoms with van der Waals surface area (Å²) in [5.74, 6) is -9.87. The van der Waals surface area contributed by atoms with E-state index in [2.05, 4.69) is 0 Å². The number of rotatable bonds is 8. The van der Waals surface area contributed by atoms with Crippen molar-refractivity contribution in [2.24, 2.45) is 34.5 Å². The Kier molecular flexibility index (Phi) is 8.72. The first-order chi connectivity index (χ1) is 21.2. The summed E-state index contributed by atoms with van der Waals surface area (Å²) in [6.45, 7) is 12.4. The molecule has 11 heteroatoms. The molecule has 0 heterocycles. The minimum absolute atomic E-state index is 0.108. The highest BCUT2D eigenvalue weighted by Gasteiger charge is 2.77. The van der Waals surface area contributed by atoms with Crippen molar-refractivity contribution in [1.82, 2.24) is 0 Å². The Labute approximate surface area is 268 Å². The molecule has 3 aliphatic carbocycles. The van der Waals surface area contributed by atoms with Crippen molar-refractivity contribution in [1.29, 1.82) is 0 Å². The molecule has 46 heavy (non-hydrogen) atoms. The topological polar surface area (TPSA) is 196 Å². The highest BCUT2D eigenvalue weighted by Crippen LogP contribution is 2.67. The summed E-state index contributed by atoms with van der Waals surface area (Å²) in [4.78, 5) is 66.1. The molecule has 7 atom stereocenters. The number of hydrogen-bond donors (Lipinski definition) is 5. The molecule has 0 aromatic heterocycles. The summed E-state index contributed by atoms with van der Waals surface area (Å²) in [6, 6.07) is 3.06. The van der Waals surface area contributed by atoms with Crippen molar-refractivity contribution in [3.05, 3.63) is 45.7 Å². The Bertz CT molecular complexity index is 1610. The Balaban J connectivity index is 1.94. The Morgan fingerprint density at radius 1 is 1.02 bits per heavy atom. The summed E-state index contributed by atoms with van der Waals surface area (Å²) in [5.41, 5.74) is -7.66. The van der Waals surface area contributed by atoms with E-state index in [4.69, 9.17) is 4.74 Å². The lowest BCUT2D eigenvalue weighted by molar-refractivity contribution is -0.215. The number of carbonyl (C=O) groups excluding carboxylic acids is 5. The van der Waals surface area contributed by atoms with Crippen LogP contribution in [-0.2, 0) is 35.1 Å². The molecule has 2 unspecified atom stereocenters. The zero-order chi connectivity index (χ0) is 35.0. The van der Waals surface area contributed by atoms with Crippen LogP contribution in [0.25, 0.3) is 5.76 Å². The zero-order valence-electron chi connectivity index (χ0n) is 27.7. The predicted octanol–water partition coefficient (Wildman–Crippen LogP) is 3.67. The molecule has 0 bridgehead atoms. The standard InChI is InChI=1S/C35H44O11/c1-14(2)21(31(43)46-9)13-19(37)12-18-10-11-20-16(5)33(7)25(28(40)23(20)26(18)38)30(42)35(45)29(41)22(17(6)36)27(39)24(15(3)4)34(35,8)32(33)44/h10-11,14-16,21,24,32,38,40-41,44-45H,12-13H2,1-9H3/t16-,21?,24?,32-,33+,34+,35+/m1/s1. The van der Waals surface area contributed by atoms with Crippen LogP contribution < -0.4 is 0 Å². The van der Waals surface area contributed by atoms with Gasteiger partial charge in [-0.3, -0.25) is 24.0 Å². The van der Waals surface area contributed by atoms with E-state index in [0.29, 0.717) is 5.56 Å². The summed E-state index contributed by atoms with van der Waals surface area (Å²) < 4.78 is 4.82. The summed E-state index contributed by atoms with van der Waals surface area (Å²) in [5, 5.41) is 59.0. The van der Waals surface area contributed by atoms with Crippen LogP contribution in [0.15, 0.2) is 29.0 Å². The number of allylic oxidation sites excluding steroid dienone is 1. The van der Waals surface area contributed by atoms with Gasteiger partial charge in [0.15, 0.2) is 17.2 Å². The number of phenols is 1. The maximum absolute atomic E-state index is 14.6. The zero-order valence-corrected chi connectivity index (χ0v) is 27.7. The van der Waals surface area contributed by atoms with Gasteiger partial charge in [0.25, 0.3) is 0 Å². The van der Waals surface area contributed by atoms with E-state index in [1.165, 1.54) is 27.0 Å². The molecule has 3 aliphatic rings. The van der Waals surface area contributed by atoms with E-state index < -0.39 is 97.9 Å². The quantitative estimate of drug-likeness (QED) is 0.205. The van der Waals surface area contributed by atoms with Crippen molar-refractivity contribution < 1.29 is 54.2 Å². The van der Waals surface area contributed by atoms with Gasteiger partial charge in [-0.2, -0.15) is 0 Å². The molecule has 4 rings (SSSR count). The minimum atomic E-state index is -2.99. The molecule has 0 spiro atoms. The SMILES string of the molecule is COC(=O)C(CC(=O)Cc1ccc2c(c1O)C(O)=C1C(=O)[C@@]3(O)C(O)=C(C(C)=O)C(=O)C(C(C)C)[C@@]3(C)[C@H](O)[C@@]1(C)[C@@H]2C)C(C)C. The van der Waals surface area contributed by atoms with E-state index in [1.54, 1.807) is 40.7 Å². The first-order valence-corrected chi connectivity index (χ1v) is 15.5. The number of carbonyl (C=O) groups is 5. The van der Waals surface area contributed by atoms with Crippen molar-refractivity contribution in [2.75, 3.05) is 7.11 Å². The number of phenolic OH excluding ortho intramolecular Hbond substituents is 1. The van der Waals surface area contributed by atoms with E-state index in [1.807, 2.05) is 0 Å². The third kappa shape index (κ3) is 4.41. The van der Waals surface area contributed by atoms with Crippen LogP contribution in [0.4, 0.5) is 0 Å². The summed E-state index contributed by atoms with van der Waals surface area (Å²) in [6.07, 6.45) is -2.20. The van der Waals surface area contributed by atoms with E-state index in [-0.39, 0.29) is 35.7 Å². The first kappa shape index (κ1) is 35.0. The molecule has 11 nitrogen and oxygen atoms in total. The van der Waals surface area contributed by atoms with Gasteiger partial charge in [-0.15, -0.1) is 0 Å². The van der Waals surface area contributed by atoms with Gasteiger partial charge in [-0.1, -0.05) is 60.6 Å². The molecule has 1 fully saturated rings. The van der Waals surface area contributed by atoms with Gasteiger partial charge in [-0.25, -0.2) is 0 Å². The van der Waals surface area contributed by atoms with Crippen molar-refractivity contribution in [2.45, 2.75) is 85.9 Å². The van der Waals surface area contributed by atoms with Gasteiger partial charge in [0.05, 0.1) is 30.3 Å². The van der Waals surface area contributed by atoms with Crippen LogP contribution in [-0.4, -0.2) is 73.4 Å². The van der Waals surface area contributed by atoms with Crippen LogP contribution in [0, 0.1) is 34.5 Å². The molecule has 1 aromatic carbocycles. The largest absolute Gasteiger partial charge is 0.508 e. The smallest absolute Gasteiger partial charge is 0.309 e. The van der Waals surface area contributed by atoms with Gasteiger partial charge in [0, 0.05) is 35.2 Å². The third-order valence-corrected chi connectivity index (χ3v) is 11.1. The highest BCUT2D eigenvalue weighted by atomic mass is 16.5. The number of ketones is 4. The van der Waals surface area contributed by atoms with Gasteiger partial charge >= 0.3 is 5.97 Å². The molecular weight excluding hydrogens is 596 g/mol. The Morgan fingerprint density at radius 2 is 1.61 bits per heavy atom. The normalized spacial score (nSPS) is 31.5. The first-order valence-electron chi connectivity index (χ1n) is 15.5. The van der Waals surface area contributed by atoms with Crippen molar-refractivity contribution >= 4 is 34.9 Å². The second kappa shape index (κ2) is 11.5. The minimum Gasteiger partial charge on any atom is -0.508 e. The van der Waals surface area contributed by atoms with E-state index >= 15 is 0 Å². The second-order valence-corrected chi connectivity index (χ2v) is 14.1. The van der Waals surface area contributed by atoms with Gasteiger partial charge < -0.3 is 30.3 Å². The number of aliphatic hydroxyl groups is 4. The second-order valence-electron chi connectivity index (χ2n) is 14.1. The molecule has 0 radical (unpaired) electrons. The summed E-state index contributed by atoms with van der Waals surface area (Å²) >= 11 is 0. The molecule has 1 saturated carbocycles. The number of Topliss-reactive ketones (excluding diaryl/α,β-unsaturated/α-hetero) is 4. The number of hydrogen-bond acceptors (Lipinski definition) is 11. The van der Waals surface area contributed by atoms with Crippen LogP contribution in [0.5, 0.6) is 5.75 Å². The average molecular weight is 641 g/mol. The number of aliphatic hydroxyl groups excluding tert-OH is 3. The van der Waals surface area contributed by atoms with Crippen LogP contribution in [0.3, 0.4) is 0 Å². The molecule has 0 amide bonds. The fourth-order valence-corrected chi connectivity index (χ4v) is 8.38. The average Bonchev–Trinajstić information content (AvgIpc) is 2.96. The molecule has 0 saturated heterocycles. The highest BCUT2D eigenvalue weighted by molar-refractivity contribution is 6.24. The monoisotopic (exact) mass is 640 g/mol. The predicted molar refractivity (Wildman–Crippen MR) is 166 cm³/mol. The van der Waals surface area contributed by atoms with Gasteiger partial charge in [-0.05, 0) is 30.2 Å². The van der Waals surface area contributed by atoms with Gasteiger partial charge in [0.2, 0.25) is 5.78 Å². The molecule has 1 aromatic rings. The maximum Gasteiger partial charge on any atom is 0.309 e. The van der Waals surface area contributed by atoms with Crippen molar-refractivity contribution in [3.63, 3.8) is 0 Å². The number of aromatic hydroxyl groups is 1. The maximum atomic E-state index is 14.6. The van der Waals surface area contributed by atoms with E-state index in [0.717, 1.165) is 6.92 Å². The Hall–Kier alpha value is -3.83. The van der Waals surface area contributed by atoms with E-state index in [9.17, 15) is 49.5 Å². The number of methoxy groups -OCH3 is 1. The molecule has 5 N–H and O–H groups in total. The fraction of sp³-hybridized carbons (Fsp3) is 0.571. The fourth-order valence-electron chi connectivity index (χ4n) is 8.38. The number of benzene rings is 1. The lowest BCUT2D eigenvalue weighted by Crippen LogP contribution is -2.75. The summed E-state index contributed by atoms with van der Waals surface area (Å²) in [7, 11) is 1.23. The third-order valence-electron chi connectivity index (χ3n) is 11.1. The lowest BCUT2D eigenvalue weighted by atomic mass is 9.40. The van der Waals surface area contributed by atoms with Gasteiger partial charge in [0.1, 0.15) is 28.6 Å². The number of fused-ring (bicyclic) bond motifs is 3. The Morgan fingerprint density at radius 3 is 2.11 bits per heavy atom. The number of ether oxygens (including phenoxy) is 1. The molecule has 250 valence electrons. The van der Waals surface area contributed by atoms with Crippen LogP contribution in [0.2, 0.25) is 0 Å².